The highest BCUT2D eigenvalue weighted by Crippen LogP contribution is 2.05. The number of alkyl carbamates (subject to hydrolysis) is 1. The quantitative estimate of drug-likeness (QED) is 0.600. The SMILES string of the molecule is CC(C)(C)OC(=O)NCC(=O)NCCO. The zero-order valence-electron chi connectivity index (χ0n) is 9.29. The molecule has 0 unspecified atom stereocenters. The number of aliphatic hydroxyl groups is 1. The van der Waals surface area contributed by atoms with Crippen LogP contribution in [0.4, 0.5) is 4.79 Å². The predicted molar refractivity (Wildman–Crippen MR) is 54.3 cm³/mol. The van der Waals surface area contributed by atoms with Gasteiger partial charge in [-0.1, -0.05) is 0 Å². The lowest BCUT2D eigenvalue weighted by molar-refractivity contribution is -0.120. The topological polar surface area (TPSA) is 87.7 Å². The molecule has 0 rings (SSSR count). The molecule has 0 aliphatic carbocycles. The van der Waals surface area contributed by atoms with E-state index in [1.807, 2.05) is 0 Å². The summed E-state index contributed by atoms with van der Waals surface area (Å²) in [5.74, 6) is -0.366. The molecule has 0 spiro atoms. The number of aliphatic hydroxyl groups excluding tert-OH is 1. The zero-order chi connectivity index (χ0) is 11.9. The van der Waals surface area contributed by atoms with Gasteiger partial charge in [-0.2, -0.15) is 0 Å². The van der Waals surface area contributed by atoms with Crippen LogP contribution in [0.2, 0.25) is 0 Å². The Hall–Kier alpha value is -1.30. The van der Waals surface area contributed by atoms with E-state index in [1.165, 1.54) is 0 Å². The van der Waals surface area contributed by atoms with Crippen molar-refractivity contribution in [3.63, 3.8) is 0 Å². The summed E-state index contributed by atoms with van der Waals surface area (Å²) in [5, 5.41) is 13.1. The van der Waals surface area contributed by atoms with Crippen molar-refractivity contribution >= 4 is 12.0 Å². The first-order chi connectivity index (χ1) is 6.85. The van der Waals surface area contributed by atoms with E-state index in [-0.39, 0.29) is 25.6 Å². The lowest BCUT2D eigenvalue weighted by Crippen LogP contribution is -2.40. The van der Waals surface area contributed by atoms with Crippen LogP contribution in [-0.2, 0) is 9.53 Å². The highest BCUT2D eigenvalue weighted by atomic mass is 16.6. The van der Waals surface area contributed by atoms with Crippen LogP contribution < -0.4 is 10.6 Å². The van der Waals surface area contributed by atoms with Gasteiger partial charge in [0.1, 0.15) is 5.60 Å². The van der Waals surface area contributed by atoms with Crippen molar-refractivity contribution in [3.8, 4) is 0 Å². The number of hydrogen-bond donors (Lipinski definition) is 3. The normalized spacial score (nSPS) is 10.7. The summed E-state index contributed by atoms with van der Waals surface area (Å²) in [7, 11) is 0. The fourth-order valence-electron chi connectivity index (χ4n) is 0.724. The summed E-state index contributed by atoms with van der Waals surface area (Å²) in [6.07, 6.45) is -0.637. The van der Waals surface area contributed by atoms with Gasteiger partial charge in [-0.3, -0.25) is 4.79 Å². The fraction of sp³-hybridized carbons (Fsp3) is 0.778. The van der Waals surface area contributed by atoms with Crippen molar-refractivity contribution in [2.24, 2.45) is 0 Å². The maximum atomic E-state index is 11.1. The Morgan fingerprint density at radius 1 is 1.27 bits per heavy atom. The van der Waals surface area contributed by atoms with E-state index >= 15 is 0 Å². The van der Waals surface area contributed by atoms with Crippen molar-refractivity contribution < 1.29 is 19.4 Å². The number of hydrogen-bond acceptors (Lipinski definition) is 4. The molecule has 0 saturated carbocycles. The number of nitrogens with one attached hydrogen (secondary N) is 2. The highest BCUT2D eigenvalue weighted by molar-refractivity contribution is 5.82. The molecular formula is C9H18N2O4. The van der Waals surface area contributed by atoms with Gasteiger partial charge in [-0.25, -0.2) is 4.79 Å². The number of carbonyl (C=O) groups is 2. The average Bonchev–Trinajstić information content (AvgIpc) is 2.08. The minimum Gasteiger partial charge on any atom is -0.444 e. The Morgan fingerprint density at radius 3 is 2.33 bits per heavy atom. The Bertz CT molecular complexity index is 223. The van der Waals surface area contributed by atoms with Crippen LogP contribution in [0.3, 0.4) is 0 Å². The maximum Gasteiger partial charge on any atom is 0.408 e. The molecule has 0 atom stereocenters. The number of ether oxygens (including phenoxy) is 1. The van der Waals surface area contributed by atoms with Gasteiger partial charge >= 0.3 is 6.09 Å². The third-order valence-corrected chi connectivity index (χ3v) is 1.23. The molecule has 0 fully saturated rings. The molecule has 15 heavy (non-hydrogen) atoms. The van der Waals surface area contributed by atoms with Crippen LogP contribution >= 0.6 is 0 Å². The molecule has 6 nitrogen and oxygen atoms in total. The van der Waals surface area contributed by atoms with Crippen molar-refractivity contribution in [2.75, 3.05) is 19.7 Å². The lowest BCUT2D eigenvalue weighted by Gasteiger charge is -2.19. The van der Waals surface area contributed by atoms with Crippen LogP contribution in [0, 0.1) is 0 Å². The van der Waals surface area contributed by atoms with E-state index in [0.29, 0.717) is 0 Å². The summed E-state index contributed by atoms with van der Waals surface area (Å²) in [5.41, 5.74) is -0.578. The average molecular weight is 218 g/mol. The summed E-state index contributed by atoms with van der Waals surface area (Å²) in [6.45, 7) is 5.09. The van der Waals surface area contributed by atoms with E-state index in [0.717, 1.165) is 0 Å². The lowest BCUT2D eigenvalue weighted by atomic mass is 10.2. The summed E-state index contributed by atoms with van der Waals surface area (Å²) in [6, 6.07) is 0. The van der Waals surface area contributed by atoms with Crippen molar-refractivity contribution in [1.82, 2.24) is 10.6 Å². The number of rotatable bonds is 4. The molecular weight excluding hydrogens is 200 g/mol. The Kier molecular flexibility index (Phi) is 5.69. The molecule has 0 aliphatic heterocycles. The van der Waals surface area contributed by atoms with E-state index in [2.05, 4.69) is 10.6 Å². The second-order valence-electron chi connectivity index (χ2n) is 3.93. The van der Waals surface area contributed by atoms with Gasteiger partial charge in [0.2, 0.25) is 5.91 Å². The van der Waals surface area contributed by atoms with E-state index in [4.69, 9.17) is 9.84 Å². The van der Waals surface area contributed by atoms with Gasteiger partial charge in [-0.05, 0) is 20.8 Å². The van der Waals surface area contributed by atoms with Crippen LogP contribution in [0.1, 0.15) is 20.8 Å². The summed E-state index contributed by atoms with van der Waals surface area (Å²) < 4.78 is 4.91. The first kappa shape index (κ1) is 13.7. The first-order valence-corrected chi connectivity index (χ1v) is 4.69. The molecule has 0 saturated heterocycles. The molecule has 6 heteroatoms. The summed E-state index contributed by atoms with van der Waals surface area (Å²) >= 11 is 0. The van der Waals surface area contributed by atoms with E-state index < -0.39 is 11.7 Å². The van der Waals surface area contributed by atoms with E-state index in [1.54, 1.807) is 20.8 Å². The van der Waals surface area contributed by atoms with Gasteiger partial charge in [0.15, 0.2) is 0 Å². The zero-order valence-corrected chi connectivity index (χ0v) is 9.29. The predicted octanol–water partition coefficient (Wildman–Crippen LogP) is -0.380. The van der Waals surface area contributed by atoms with Crippen LogP contribution in [-0.4, -0.2) is 42.4 Å². The van der Waals surface area contributed by atoms with Crippen molar-refractivity contribution in [3.05, 3.63) is 0 Å². The number of amides is 2. The molecule has 0 radical (unpaired) electrons. The van der Waals surface area contributed by atoms with Crippen LogP contribution in [0.15, 0.2) is 0 Å². The smallest absolute Gasteiger partial charge is 0.408 e. The minimum absolute atomic E-state index is 0.127. The third-order valence-electron chi connectivity index (χ3n) is 1.23. The van der Waals surface area contributed by atoms with Crippen molar-refractivity contribution in [2.45, 2.75) is 26.4 Å². The Morgan fingerprint density at radius 2 is 1.87 bits per heavy atom. The maximum absolute atomic E-state index is 11.1. The molecule has 0 aromatic heterocycles. The van der Waals surface area contributed by atoms with Crippen LogP contribution in [0.5, 0.6) is 0 Å². The molecule has 0 aliphatic rings. The van der Waals surface area contributed by atoms with Crippen LogP contribution in [0.25, 0.3) is 0 Å². The van der Waals surface area contributed by atoms with Gasteiger partial charge in [-0.15, -0.1) is 0 Å². The van der Waals surface area contributed by atoms with Gasteiger partial charge < -0.3 is 20.5 Å². The standard InChI is InChI=1S/C9H18N2O4/c1-9(2,3)15-8(14)11-6-7(13)10-4-5-12/h12H,4-6H2,1-3H3,(H,10,13)(H,11,14). The molecule has 0 aromatic rings. The Balaban J connectivity index is 3.67. The molecule has 0 aromatic carbocycles. The highest BCUT2D eigenvalue weighted by Gasteiger charge is 2.16. The molecule has 0 bridgehead atoms. The molecule has 3 N–H and O–H groups in total. The fourth-order valence-corrected chi connectivity index (χ4v) is 0.724. The van der Waals surface area contributed by atoms with Gasteiger partial charge in [0.05, 0.1) is 13.2 Å². The molecule has 88 valence electrons. The monoisotopic (exact) mass is 218 g/mol. The molecule has 2 amide bonds. The molecule has 0 heterocycles. The third kappa shape index (κ3) is 9.01. The van der Waals surface area contributed by atoms with Crippen molar-refractivity contribution in [1.29, 1.82) is 0 Å². The number of carbonyl (C=O) groups excluding carboxylic acids is 2. The van der Waals surface area contributed by atoms with Gasteiger partial charge in [0, 0.05) is 6.54 Å². The second-order valence-corrected chi connectivity index (χ2v) is 3.93. The second kappa shape index (κ2) is 6.23. The summed E-state index contributed by atoms with van der Waals surface area (Å²) in [4.78, 5) is 22.1. The Labute approximate surface area is 89.0 Å². The minimum atomic E-state index is -0.637. The van der Waals surface area contributed by atoms with Gasteiger partial charge in [0.25, 0.3) is 0 Å². The first-order valence-electron chi connectivity index (χ1n) is 4.69. The van der Waals surface area contributed by atoms with E-state index in [9.17, 15) is 9.59 Å². The largest absolute Gasteiger partial charge is 0.444 e.